The van der Waals surface area contributed by atoms with Crippen LogP contribution in [0.4, 0.5) is 10.9 Å². The molecular formula is C23H33N5OS. The van der Waals surface area contributed by atoms with Gasteiger partial charge in [0.2, 0.25) is 5.91 Å². The number of aryl methyl sites for hydroxylation is 1. The summed E-state index contributed by atoms with van der Waals surface area (Å²) in [5, 5.41) is 7.67. The van der Waals surface area contributed by atoms with E-state index >= 15 is 0 Å². The fraction of sp³-hybridized carbons (Fsp3) is 0.609. The van der Waals surface area contributed by atoms with E-state index in [9.17, 15) is 4.79 Å². The lowest BCUT2D eigenvalue weighted by Gasteiger charge is -2.35. The van der Waals surface area contributed by atoms with Gasteiger partial charge in [-0.3, -0.25) is 4.79 Å². The van der Waals surface area contributed by atoms with Crippen LogP contribution in [0.5, 0.6) is 0 Å². The lowest BCUT2D eigenvalue weighted by Crippen LogP contribution is -2.50. The van der Waals surface area contributed by atoms with Crippen molar-refractivity contribution in [3.05, 3.63) is 35.0 Å². The SMILES string of the molecule is CCCCc1cnc(Nc2cccc(C3CCN(C(=O)[C@@H]4CCCCN4)CC3)n2)s1. The summed E-state index contributed by atoms with van der Waals surface area (Å²) in [4.78, 5) is 25.5. The van der Waals surface area contributed by atoms with Gasteiger partial charge in [0.05, 0.1) is 6.04 Å². The summed E-state index contributed by atoms with van der Waals surface area (Å²) < 4.78 is 0. The molecule has 2 fully saturated rings. The smallest absolute Gasteiger partial charge is 0.239 e. The molecule has 1 atom stereocenters. The van der Waals surface area contributed by atoms with Gasteiger partial charge in [0.15, 0.2) is 5.13 Å². The summed E-state index contributed by atoms with van der Waals surface area (Å²) in [5.41, 5.74) is 1.12. The highest BCUT2D eigenvalue weighted by molar-refractivity contribution is 7.15. The van der Waals surface area contributed by atoms with Crippen LogP contribution >= 0.6 is 11.3 Å². The van der Waals surface area contributed by atoms with Gasteiger partial charge in [-0.05, 0) is 57.2 Å². The molecule has 2 aliphatic rings. The van der Waals surface area contributed by atoms with E-state index in [2.05, 4.69) is 39.6 Å². The number of hydrogen-bond donors (Lipinski definition) is 2. The van der Waals surface area contributed by atoms with Gasteiger partial charge in [-0.25, -0.2) is 9.97 Å². The average molecular weight is 428 g/mol. The Morgan fingerprint density at radius 2 is 2.13 bits per heavy atom. The van der Waals surface area contributed by atoms with Gasteiger partial charge in [-0.1, -0.05) is 25.8 Å². The van der Waals surface area contributed by atoms with Crippen molar-refractivity contribution < 1.29 is 4.79 Å². The number of anilines is 2. The summed E-state index contributed by atoms with van der Waals surface area (Å²) in [6, 6.07) is 6.22. The van der Waals surface area contributed by atoms with Gasteiger partial charge in [0.25, 0.3) is 0 Å². The van der Waals surface area contributed by atoms with Crippen LogP contribution in [0, 0.1) is 0 Å². The Labute approximate surface area is 183 Å². The molecule has 0 saturated carbocycles. The molecule has 2 aromatic rings. The Balaban J connectivity index is 1.32. The summed E-state index contributed by atoms with van der Waals surface area (Å²) in [6.45, 7) is 4.83. The highest BCUT2D eigenvalue weighted by Crippen LogP contribution is 2.29. The summed E-state index contributed by atoms with van der Waals surface area (Å²) in [7, 11) is 0. The number of carbonyl (C=O) groups excluding carboxylic acids is 1. The first-order valence-electron chi connectivity index (χ1n) is 11.4. The molecule has 4 heterocycles. The first-order chi connectivity index (χ1) is 14.7. The number of unbranched alkanes of at least 4 members (excludes halogenated alkanes) is 1. The Morgan fingerprint density at radius 3 is 2.90 bits per heavy atom. The number of aromatic nitrogens is 2. The maximum atomic E-state index is 12.8. The van der Waals surface area contributed by atoms with E-state index in [1.165, 1.54) is 24.1 Å². The highest BCUT2D eigenvalue weighted by atomic mass is 32.1. The molecule has 2 aliphatic heterocycles. The number of piperidine rings is 2. The van der Waals surface area contributed by atoms with Crippen molar-refractivity contribution in [2.75, 3.05) is 25.0 Å². The molecule has 0 unspecified atom stereocenters. The van der Waals surface area contributed by atoms with Crippen LogP contribution in [0.25, 0.3) is 0 Å². The molecule has 0 aliphatic carbocycles. The first kappa shape index (κ1) is 21.2. The molecule has 7 heteroatoms. The van der Waals surface area contributed by atoms with E-state index in [-0.39, 0.29) is 6.04 Å². The second-order valence-corrected chi connectivity index (χ2v) is 9.53. The lowest BCUT2D eigenvalue weighted by atomic mass is 9.92. The van der Waals surface area contributed by atoms with Crippen molar-refractivity contribution in [2.24, 2.45) is 0 Å². The number of thiazole rings is 1. The molecule has 2 aromatic heterocycles. The van der Waals surface area contributed by atoms with Crippen LogP contribution in [0.3, 0.4) is 0 Å². The first-order valence-corrected chi connectivity index (χ1v) is 12.3. The van der Waals surface area contributed by atoms with Crippen molar-refractivity contribution in [1.82, 2.24) is 20.2 Å². The van der Waals surface area contributed by atoms with Crippen LogP contribution in [-0.4, -0.2) is 46.5 Å². The number of hydrogen-bond acceptors (Lipinski definition) is 6. The van der Waals surface area contributed by atoms with Gasteiger partial charge >= 0.3 is 0 Å². The number of likely N-dealkylation sites (tertiary alicyclic amines) is 1. The lowest BCUT2D eigenvalue weighted by molar-refractivity contribution is -0.135. The van der Waals surface area contributed by atoms with Crippen LogP contribution in [0.15, 0.2) is 24.4 Å². The van der Waals surface area contributed by atoms with Gasteiger partial charge in [-0.2, -0.15) is 0 Å². The number of rotatable bonds is 7. The fourth-order valence-electron chi connectivity index (χ4n) is 4.37. The molecule has 4 rings (SSSR count). The third kappa shape index (κ3) is 5.38. The van der Waals surface area contributed by atoms with Crippen LogP contribution in [0.2, 0.25) is 0 Å². The molecule has 6 nitrogen and oxygen atoms in total. The zero-order valence-electron chi connectivity index (χ0n) is 17.9. The van der Waals surface area contributed by atoms with Gasteiger partial charge < -0.3 is 15.5 Å². The van der Waals surface area contributed by atoms with Crippen molar-refractivity contribution in [2.45, 2.75) is 70.3 Å². The second-order valence-electron chi connectivity index (χ2n) is 8.41. The minimum atomic E-state index is 0.0291. The van der Waals surface area contributed by atoms with E-state index in [1.54, 1.807) is 11.3 Å². The molecule has 2 saturated heterocycles. The molecule has 0 radical (unpaired) electrons. The Hall–Kier alpha value is -1.99. The topological polar surface area (TPSA) is 70.2 Å². The molecule has 162 valence electrons. The van der Waals surface area contributed by atoms with E-state index in [4.69, 9.17) is 4.98 Å². The quantitative estimate of drug-likeness (QED) is 0.682. The van der Waals surface area contributed by atoms with E-state index < -0.39 is 0 Å². The second kappa shape index (κ2) is 10.4. The number of pyridine rings is 1. The number of amides is 1. The van der Waals surface area contributed by atoms with Gasteiger partial charge in [0, 0.05) is 35.8 Å². The maximum absolute atomic E-state index is 12.8. The van der Waals surface area contributed by atoms with Crippen molar-refractivity contribution in [3.63, 3.8) is 0 Å². The average Bonchev–Trinajstić information content (AvgIpc) is 3.25. The van der Waals surface area contributed by atoms with Crippen molar-refractivity contribution >= 4 is 28.2 Å². The molecule has 30 heavy (non-hydrogen) atoms. The Morgan fingerprint density at radius 1 is 1.27 bits per heavy atom. The molecule has 2 N–H and O–H groups in total. The standard InChI is InChI=1S/C23H33N5OS/c1-2-3-7-18-16-25-23(30-18)27-21-10-6-9-19(26-21)17-11-14-28(15-12-17)22(29)20-8-4-5-13-24-20/h6,9-10,16-17,20,24H,2-5,7-8,11-15H2,1H3,(H,25,26,27)/t20-/m0/s1. The predicted octanol–water partition coefficient (Wildman–Crippen LogP) is 4.47. The number of nitrogens with zero attached hydrogens (tertiary/aromatic N) is 3. The fourth-order valence-corrected chi connectivity index (χ4v) is 5.23. The normalized spacial score (nSPS) is 20.3. The van der Waals surface area contributed by atoms with E-state index in [1.807, 2.05) is 12.3 Å². The maximum Gasteiger partial charge on any atom is 0.239 e. The summed E-state index contributed by atoms with van der Waals surface area (Å²) in [5.74, 6) is 1.56. The van der Waals surface area contributed by atoms with E-state index in [0.717, 1.165) is 68.4 Å². The molecule has 1 amide bonds. The highest BCUT2D eigenvalue weighted by Gasteiger charge is 2.29. The molecule has 0 bridgehead atoms. The zero-order chi connectivity index (χ0) is 20.8. The van der Waals surface area contributed by atoms with Crippen molar-refractivity contribution in [1.29, 1.82) is 0 Å². The Bertz CT molecular complexity index is 825. The van der Waals surface area contributed by atoms with Crippen molar-refractivity contribution in [3.8, 4) is 0 Å². The molecule has 0 spiro atoms. The third-order valence-electron chi connectivity index (χ3n) is 6.17. The predicted molar refractivity (Wildman–Crippen MR) is 122 cm³/mol. The van der Waals surface area contributed by atoms with Crippen LogP contribution < -0.4 is 10.6 Å². The summed E-state index contributed by atoms with van der Waals surface area (Å²) >= 11 is 1.71. The van der Waals surface area contributed by atoms with Crippen LogP contribution in [0.1, 0.15) is 68.4 Å². The number of nitrogens with one attached hydrogen (secondary N) is 2. The zero-order valence-corrected chi connectivity index (χ0v) is 18.7. The minimum Gasteiger partial charge on any atom is -0.341 e. The van der Waals surface area contributed by atoms with Crippen LogP contribution in [-0.2, 0) is 11.2 Å². The summed E-state index contributed by atoms with van der Waals surface area (Å²) in [6.07, 6.45) is 10.7. The van der Waals surface area contributed by atoms with E-state index in [0.29, 0.717) is 11.8 Å². The largest absolute Gasteiger partial charge is 0.341 e. The molecular weight excluding hydrogens is 394 g/mol. The minimum absolute atomic E-state index is 0.0291. The third-order valence-corrected chi connectivity index (χ3v) is 7.14. The Kier molecular flexibility index (Phi) is 7.33. The van der Waals surface area contributed by atoms with Gasteiger partial charge in [0.1, 0.15) is 5.82 Å². The number of carbonyl (C=O) groups is 1. The molecule has 0 aromatic carbocycles. The van der Waals surface area contributed by atoms with Gasteiger partial charge in [-0.15, -0.1) is 11.3 Å². The monoisotopic (exact) mass is 427 g/mol.